The summed E-state index contributed by atoms with van der Waals surface area (Å²) in [7, 11) is 0. The maximum Gasteiger partial charge on any atom is 0.229 e. The van der Waals surface area contributed by atoms with E-state index < -0.39 is 0 Å². The zero-order chi connectivity index (χ0) is 13.7. The Bertz CT molecular complexity index is 416. The highest BCUT2D eigenvalue weighted by Gasteiger charge is 2.21. The standard InChI is InChI=1S/C15H22N2O2.ClH/c1-3-17(13-6-4-12(2)5-7-13)15(18)10-14-11-16-8-9-19-14;/h4-7,14,16H,3,8-11H2,1-2H3;1H. The Morgan fingerprint density at radius 2 is 2.10 bits per heavy atom. The van der Waals surface area contributed by atoms with Crippen molar-refractivity contribution >= 4 is 24.0 Å². The van der Waals surface area contributed by atoms with Crippen LogP contribution in [0.2, 0.25) is 0 Å². The third-order valence-corrected chi connectivity index (χ3v) is 3.37. The second-order valence-electron chi connectivity index (χ2n) is 4.87. The molecule has 112 valence electrons. The minimum Gasteiger partial charge on any atom is -0.375 e. The molecule has 2 rings (SSSR count). The molecule has 5 heteroatoms. The van der Waals surface area contributed by atoms with E-state index in [1.54, 1.807) is 0 Å². The summed E-state index contributed by atoms with van der Waals surface area (Å²) >= 11 is 0. The van der Waals surface area contributed by atoms with E-state index in [1.165, 1.54) is 5.56 Å². The van der Waals surface area contributed by atoms with E-state index in [0.717, 1.165) is 18.8 Å². The molecule has 1 atom stereocenters. The molecule has 1 aliphatic rings. The van der Waals surface area contributed by atoms with Gasteiger partial charge in [-0.25, -0.2) is 0 Å². The summed E-state index contributed by atoms with van der Waals surface area (Å²) in [6.07, 6.45) is 0.440. The molecule has 0 spiro atoms. The lowest BCUT2D eigenvalue weighted by Crippen LogP contribution is -2.42. The Morgan fingerprint density at radius 1 is 1.40 bits per heavy atom. The van der Waals surface area contributed by atoms with Gasteiger partial charge in [0.2, 0.25) is 5.91 Å². The monoisotopic (exact) mass is 298 g/mol. The first kappa shape index (κ1) is 17.0. The average molecular weight is 299 g/mol. The van der Waals surface area contributed by atoms with Crippen molar-refractivity contribution in [1.82, 2.24) is 5.32 Å². The minimum absolute atomic E-state index is 0. The summed E-state index contributed by atoms with van der Waals surface area (Å²) in [4.78, 5) is 14.2. The Labute approximate surface area is 126 Å². The Balaban J connectivity index is 0.00000200. The van der Waals surface area contributed by atoms with Crippen LogP contribution in [0, 0.1) is 6.92 Å². The third-order valence-electron chi connectivity index (χ3n) is 3.37. The maximum absolute atomic E-state index is 12.3. The lowest BCUT2D eigenvalue weighted by atomic mass is 10.1. The number of nitrogens with zero attached hydrogens (tertiary/aromatic N) is 1. The topological polar surface area (TPSA) is 41.6 Å². The van der Waals surface area contributed by atoms with E-state index in [0.29, 0.717) is 19.6 Å². The number of hydrogen-bond acceptors (Lipinski definition) is 3. The quantitative estimate of drug-likeness (QED) is 0.926. The first-order chi connectivity index (χ1) is 9.20. The van der Waals surface area contributed by atoms with E-state index in [1.807, 2.05) is 43.0 Å². The van der Waals surface area contributed by atoms with Gasteiger partial charge in [-0.15, -0.1) is 12.4 Å². The Kier molecular flexibility index (Phi) is 6.99. The Hall–Kier alpha value is -1.10. The molecule has 0 bridgehead atoms. The molecule has 1 saturated heterocycles. The van der Waals surface area contributed by atoms with Gasteiger partial charge in [-0.3, -0.25) is 4.79 Å². The van der Waals surface area contributed by atoms with Crippen LogP contribution in [-0.2, 0) is 9.53 Å². The van der Waals surface area contributed by atoms with Crippen molar-refractivity contribution in [1.29, 1.82) is 0 Å². The molecule has 1 N–H and O–H groups in total. The van der Waals surface area contributed by atoms with Crippen LogP contribution in [0.25, 0.3) is 0 Å². The minimum atomic E-state index is 0. The normalized spacial score (nSPS) is 18.2. The lowest BCUT2D eigenvalue weighted by Gasteiger charge is -2.27. The second kappa shape index (κ2) is 8.25. The maximum atomic E-state index is 12.3. The smallest absolute Gasteiger partial charge is 0.229 e. The van der Waals surface area contributed by atoms with Gasteiger partial charge in [-0.1, -0.05) is 17.7 Å². The molecule has 4 nitrogen and oxygen atoms in total. The van der Waals surface area contributed by atoms with Gasteiger partial charge >= 0.3 is 0 Å². The van der Waals surface area contributed by atoms with Crippen LogP contribution in [0.3, 0.4) is 0 Å². The van der Waals surface area contributed by atoms with Gasteiger partial charge < -0.3 is 15.0 Å². The van der Waals surface area contributed by atoms with E-state index in [2.05, 4.69) is 5.32 Å². The average Bonchev–Trinajstić information content (AvgIpc) is 2.43. The molecule has 1 aliphatic heterocycles. The number of hydrogen-bond donors (Lipinski definition) is 1. The van der Waals surface area contributed by atoms with Crippen LogP contribution in [-0.4, -0.2) is 38.3 Å². The van der Waals surface area contributed by atoms with Gasteiger partial charge in [0, 0.05) is 25.3 Å². The largest absolute Gasteiger partial charge is 0.375 e. The lowest BCUT2D eigenvalue weighted by molar-refractivity contribution is -0.121. The van der Waals surface area contributed by atoms with Crippen LogP contribution >= 0.6 is 12.4 Å². The number of halogens is 1. The zero-order valence-corrected chi connectivity index (χ0v) is 12.9. The zero-order valence-electron chi connectivity index (χ0n) is 12.1. The van der Waals surface area contributed by atoms with Crippen molar-refractivity contribution < 1.29 is 9.53 Å². The van der Waals surface area contributed by atoms with Crippen molar-refractivity contribution in [3.05, 3.63) is 29.8 Å². The van der Waals surface area contributed by atoms with Crippen molar-refractivity contribution in [2.45, 2.75) is 26.4 Å². The highest BCUT2D eigenvalue weighted by Crippen LogP contribution is 2.17. The van der Waals surface area contributed by atoms with E-state index >= 15 is 0 Å². The number of carbonyl (C=O) groups is 1. The number of anilines is 1. The second-order valence-corrected chi connectivity index (χ2v) is 4.87. The summed E-state index contributed by atoms with van der Waals surface area (Å²) in [5.41, 5.74) is 2.16. The number of ether oxygens (including phenoxy) is 1. The highest BCUT2D eigenvalue weighted by atomic mass is 35.5. The van der Waals surface area contributed by atoms with E-state index in [-0.39, 0.29) is 24.4 Å². The molecule has 1 amide bonds. The molecule has 1 aromatic rings. The molecule has 20 heavy (non-hydrogen) atoms. The van der Waals surface area contributed by atoms with Gasteiger partial charge in [0.1, 0.15) is 0 Å². The van der Waals surface area contributed by atoms with Gasteiger partial charge in [-0.2, -0.15) is 0 Å². The molecule has 1 heterocycles. The summed E-state index contributed by atoms with van der Waals surface area (Å²) in [6.45, 7) is 7.05. The molecular formula is C15H23ClN2O2. The van der Waals surface area contributed by atoms with Crippen LogP contribution in [0.1, 0.15) is 18.9 Å². The molecular weight excluding hydrogens is 276 g/mol. The van der Waals surface area contributed by atoms with Gasteiger partial charge in [-0.05, 0) is 26.0 Å². The van der Waals surface area contributed by atoms with Crippen molar-refractivity contribution in [2.75, 3.05) is 31.1 Å². The molecule has 1 unspecified atom stereocenters. The first-order valence-corrected chi connectivity index (χ1v) is 6.90. The third kappa shape index (κ3) is 4.47. The highest BCUT2D eigenvalue weighted by molar-refractivity contribution is 5.93. The molecule has 0 saturated carbocycles. The predicted molar refractivity (Wildman–Crippen MR) is 83.7 cm³/mol. The fourth-order valence-corrected chi connectivity index (χ4v) is 2.28. The predicted octanol–water partition coefficient (Wildman–Crippen LogP) is 2.15. The number of amides is 1. The van der Waals surface area contributed by atoms with Crippen LogP contribution in [0.4, 0.5) is 5.69 Å². The fraction of sp³-hybridized carbons (Fsp3) is 0.533. The summed E-state index contributed by atoms with van der Waals surface area (Å²) < 4.78 is 5.59. The number of rotatable bonds is 4. The van der Waals surface area contributed by atoms with Crippen molar-refractivity contribution in [3.8, 4) is 0 Å². The number of nitrogens with one attached hydrogen (secondary N) is 1. The number of aryl methyl sites for hydroxylation is 1. The Morgan fingerprint density at radius 3 is 2.65 bits per heavy atom. The van der Waals surface area contributed by atoms with Crippen LogP contribution in [0.5, 0.6) is 0 Å². The van der Waals surface area contributed by atoms with Crippen LogP contribution in [0.15, 0.2) is 24.3 Å². The molecule has 0 radical (unpaired) electrons. The molecule has 1 fully saturated rings. The van der Waals surface area contributed by atoms with Gasteiger partial charge in [0.05, 0.1) is 19.1 Å². The number of benzene rings is 1. The molecule has 0 aromatic heterocycles. The molecule has 1 aromatic carbocycles. The number of carbonyl (C=O) groups excluding carboxylic acids is 1. The SMILES string of the molecule is CCN(C(=O)CC1CNCCO1)c1ccc(C)cc1.Cl. The molecule has 0 aliphatic carbocycles. The first-order valence-electron chi connectivity index (χ1n) is 6.90. The summed E-state index contributed by atoms with van der Waals surface area (Å²) in [5.74, 6) is 0.125. The van der Waals surface area contributed by atoms with E-state index in [4.69, 9.17) is 4.74 Å². The number of morpholine rings is 1. The van der Waals surface area contributed by atoms with E-state index in [9.17, 15) is 4.79 Å². The van der Waals surface area contributed by atoms with Gasteiger partial charge in [0.25, 0.3) is 0 Å². The fourth-order valence-electron chi connectivity index (χ4n) is 2.28. The van der Waals surface area contributed by atoms with Crippen molar-refractivity contribution in [2.24, 2.45) is 0 Å². The van der Waals surface area contributed by atoms with Crippen LogP contribution < -0.4 is 10.2 Å². The van der Waals surface area contributed by atoms with Gasteiger partial charge in [0.15, 0.2) is 0 Å². The summed E-state index contributed by atoms with van der Waals surface area (Å²) in [5, 5.41) is 3.25. The summed E-state index contributed by atoms with van der Waals surface area (Å²) in [6, 6.07) is 8.06. The van der Waals surface area contributed by atoms with Crippen molar-refractivity contribution in [3.63, 3.8) is 0 Å².